The molecule has 0 spiro atoms. The lowest BCUT2D eigenvalue weighted by atomic mass is 9.93. The first-order valence-corrected chi connectivity index (χ1v) is 7.51. The van der Waals surface area contributed by atoms with Crippen molar-refractivity contribution >= 4 is 11.7 Å². The Balaban J connectivity index is 1.68. The highest BCUT2D eigenvalue weighted by atomic mass is 16.2. The summed E-state index contributed by atoms with van der Waals surface area (Å²) in [5.74, 6) is 1.17. The fourth-order valence-electron chi connectivity index (χ4n) is 3.60. The second-order valence-electron chi connectivity index (χ2n) is 5.83. The molecule has 2 aliphatic heterocycles. The lowest BCUT2D eigenvalue weighted by Crippen LogP contribution is -2.42. The summed E-state index contributed by atoms with van der Waals surface area (Å²) in [6.07, 6.45) is 0.990. The van der Waals surface area contributed by atoms with Gasteiger partial charge in [-0.25, -0.2) is 4.79 Å². The van der Waals surface area contributed by atoms with Gasteiger partial charge in [0.05, 0.1) is 11.6 Å². The van der Waals surface area contributed by atoms with Gasteiger partial charge < -0.3 is 15.5 Å². The summed E-state index contributed by atoms with van der Waals surface area (Å²) < 4.78 is 0. The van der Waals surface area contributed by atoms with Gasteiger partial charge in [0.1, 0.15) is 0 Å². The maximum absolute atomic E-state index is 12.5. The summed E-state index contributed by atoms with van der Waals surface area (Å²) in [5, 5.41) is 15.2. The molecule has 3 rings (SSSR count). The van der Waals surface area contributed by atoms with Crippen LogP contribution in [-0.4, -0.2) is 36.6 Å². The van der Waals surface area contributed by atoms with Crippen molar-refractivity contribution in [2.45, 2.75) is 19.4 Å². The molecule has 2 heterocycles. The molecule has 3 atom stereocenters. The van der Waals surface area contributed by atoms with Gasteiger partial charge in [-0.1, -0.05) is 6.92 Å². The number of hydrogen-bond donors (Lipinski definition) is 2. The molecule has 2 saturated heterocycles. The van der Waals surface area contributed by atoms with Gasteiger partial charge in [-0.05, 0) is 42.5 Å². The number of fused-ring (bicyclic) bond motifs is 1. The number of hydrogen-bond acceptors (Lipinski definition) is 3. The number of benzene rings is 1. The van der Waals surface area contributed by atoms with Gasteiger partial charge in [0.25, 0.3) is 0 Å². The van der Waals surface area contributed by atoms with E-state index in [0.29, 0.717) is 23.4 Å². The average molecular weight is 284 g/mol. The number of rotatable bonds is 2. The third-order valence-electron chi connectivity index (χ3n) is 4.66. The van der Waals surface area contributed by atoms with E-state index in [2.05, 4.69) is 23.6 Å². The molecule has 2 aliphatic rings. The van der Waals surface area contributed by atoms with Crippen molar-refractivity contribution in [1.29, 1.82) is 5.26 Å². The molecule has 21 heavy (non-hydrogen) atoms. The number of amides is 2. The monoisotopic (exact) mass is 284 g/mol. The van der Waals surface area contributed by atoms with Crippen LogP contribution in [0.4, 0.5) is 10.5 Å². The van der Waals surface area contributed by atoms with Gasteiger partial charge >= 0.3 is 6.03 Å². The molecule has 2 fully saturated rings. The van der Waals surface area contributed by atoms with Crippen LogP contribution in [0, 0.1) is 23.2 Å². The van der Waals surface area contributed by atoms with Gasteiger partial charge in [0, 0.05) is 31.4 Å². The number of nitrogens with zero attached hydrogens (tertiary/aromatic N) is 2. The van der Waals surface area contributed by atoms with E-state index >= 15 is 0 Å². The van der Waals surface area contributed by atoms with Crippen LogP contribution in [0.2, 0.25) is 0 Å². The normalized spacial score (nSPS) is 27.2. The first-order valence-electron chi connectivity index (χ1n) is 7.51. The number of carbonyl (C=O) groups excluding carboxylic acids is 1. The van der Waals surface area contributed by atoms with Gasteiger partial charge in [0.15, 0.2) is 0 Å². The Hall–Kier alpha value is -2.06. The largest absolute Gasteiger partial charge is 0.322 e. The summed E-state index contributed by atoms with van der Waals surface area (Å²) in [7, 11) is 0. The predicted octanol–water partition coefficient (Wildman–Crippen LogP) is 2.02. The van der Waals surface area contributed by atoms with Crippen LogP contribution in [0.25, 0.3) is 0 Å². The van der Waals surface area contributed by atoms with Gasteiger partial charge in [-0.2, -0.15) is 5.26 Å². The van der Waals surface area contributed by atoms with Crippen molar-refractivity contribution in [2.24, 2.45) is 11.8 Å². The number of anilines is 1. The number of nitriles is 1. The molecule has 2 amide bonds. The summed E-state index contributed by atoms with van der Waals surface area (Å²) in [6, 6.07) is 9.35. The van der Waals surface area contributed by atoms with Gasteiger partial charge in [-0.3, -0.25) is 0 Å². The molecule has 1 aromatic rings. The Kier molecular flexibility index (Phi) is 3.80. The minimum atomic E-state index is -0.0269. The Bertz CT molecular complexity index is 563. The van der Waals surface area contributed by atoms with Gasteiger partial charge in [0.2, 0.25) is 0 Å². The summed E-state index contributed by atoms with van der Waals surface area (Å²) in [5.41, 5.74) is 1.34. The van der Waals surface area contributed by atoms with E-state index in [9.17, 15) is 4.79 Å². The number of nitrogens with one attached hydrogen (secondary N) is 2. The minimum absolute atomic E-state index is 0.0269. The minimum Gasteiger partial charge on any atom is -0.321 e. The molecular formula is C16H20N4O. The molecular weight excluding hydrogens is 264 g/mol. The fourth-order valence-corrected chi connectivity index (χ4v) is 3.60. The van der Waals surface area contributed by atoms with Crippen LogP contribution in [0.15, 0.2) is 24.3 Å². The molecule has 0 bridgehead atoms. The highest BCUT2D eigenvalue weighted by molar-refractivity contribution is 5.89. The fraction of sp³-hybridized carbons (Fsp3) is 0.500. The van der Waals surface area contributed by atoms with Crippen molar-refractivity contribution in [2.75, 3.05) is 25.0 Å². The van der Waals surface area contributed by atoms with E-state index in [4.69, 9.17) is 5.26 Å². The number of urea groups is 1. The first-order chi connectivity index (χ1) is 10.2. The van der Waals surface area contributed by atoms with E-state index in [1.54, 1.807) is 24.3 Å². The van der Waals surface area contributed by atoms with Crippen LogP contribution < -0.4 is 10.6 Å². The van der Waals surface area contributed by atoms with Crippen LogP contribution >= 0.6 is 0 Å². The zero-order valence-electron chi connectivity index (χ0n) is 12.2. The predicted molar refractivity (Wildman–Crippen MR) is 80.8 cm³/mol. The van der Waals surface area contributed by atoms with Crippen LogP contribution in [0.3, 0.4) is 0 Å². The maximum atomic E-state index is 12.5. The van der Waals surface area contributed by atoms with Crippen LogP contribution in [0.5, 0.6) is 0 Å². The summed E-state index contributed by atoms with van der Waals surface area (Å²) >= 11 is 0. The van der Waals surface area contributed by atoms with E-state index in [-0.39, 0.29) is 6.03 Å². The second-order valence-corrected chi connectivity index (χ2v) is 5.83. The third-order valence-corrected chi connectivity index (χ3v) is 4.66. The Labute approximate surface area is 124 Å². The molecule has 0 radical (unpaired) electrons. The lowest BCUT2D eigenvalue weighted by molar-refractivity contribution is 0.196. The molecule has 0 aliphatic carbocycles. The summed E-state index contributed by atoms with van der Waals surface area (Å²) in [4.78, 5) is 14.5. The molecule has 5 nitrogen and oxygen atoms in total. The van der Waals surface area contributed by atoms with Crippen molar-refractivity contribution < 1.29 is 4.79 Å². The number of carbonyl (C=O) groups is 1. The molecule has 3 unspecified atom stereocenters. The van der Waals surface area contributed by atoms with E-state index in [0.717, 1.165) is 31.7 Å². The standard InChI is InChI=1S/C16H20N4O/c1-2-15-14-9-18-8-12(14)10-20(15)16(21)19-13-5-3-11(7-17)4-6-13/h3-6,12,14-15,18H,2,8-10H2,1H3,(H,19,21). The maximum Gasteiger partial charge on any atom is 0.322 e. The SMILES string of the molecule is CCC1C2CNCC2CN1C(=O)Nc1ccc(C#N)cc1. The highest BCUT2D eigenvalue weighted by Gasteiger charge is 2.45. The second kappa shape index (κ2) is 5.74. The zero-order chi connectivity index (χ0) is 14.8. The zero-order valence-corrected chi connectivity index (χ0v) is 12.2. The molecule has 0 saturated carbocycles. The van der Waals surface area contributed by atoms with Gasteiger partial charge in [-0.15, -0.1) is 0 Å². The molecule has 5 heteroatoms. The van der Waals surface area contributed by atoms with Crippen molar-refractivity contribution in [3.63, 3.8) is 0 Å². The Morgan fingerprint density at radius 1 is 1.43 bits per heavy atom. The Morgan fingerprint density at radius 3 is 2.86 bits per heavy atom. The van der Waals surface area contributed by atoms with E-state index in [1.165, 1.54) is 0 Å². The summed E-state index contributed by atoms with van der Waals surface area (Å²) in [6.45, 7) is 5.01. The van der Waals surface area contributed by atoms with Crippen LogP contribution in [0.1, 0.15) is 18.9 Å². The number of likely N-dealkylation sites (tertiary alicyclic amines) is 1. The van der Waals surface area contributed by atoms with Crippen molar-refractivity contribution in [1.82, 2.24) is 10.2 Å². The molecule has 1 aromatic carbocycles. The van der Waals surface area contributed by atoms with E-state index < -0.39 is 0 Å². The van der Waals surface area contributed by atoms with Crippen molar-refractivity contribution in [3.05, 3.63) is 29.8 Å². The lowest BCUT2D eigenvalue weighted by Gasteiger charge is -2.27. The molecule has 2 N–H and O–H groups in total. The quantitative estimate of drug-likeness (QED) is 0.873. The third kappa shape index (κ3) is 2.59. The smallest absolute Gasteiger partial charge is 0.321 e. The van der Waals surface area contributed by atoms with Crippen molar-refractivity contribution in [3.8, 4) is 6.07 Å². The topological polar surface area (TPSA) is 68.2 Å². The highest BCUT2D eigenvalue weighted by Crippen LogP contribution is 2.34. The van der Waals surface area contributed by atoms with Crippen LogP contribution in [-0.2, 0) is 0 Å². The first kappa shape index (κ1) is 13.9. The average Bonchev–Trinajstić information content (AvgIpc) is 3.08. The molecule has 110 valence electrons. The van der Waals surface area contributed by atoms with E-state index in [1.807, 2.05) is 4.90 Å². The molecule has 0 aromatic heterocycles. The Morgan fingerprint density at radius 2 is 2.19 bits per heavy atom.